The summed E-state index contributed by atoms with van der Waals surface area (Å²) >= 11 is 0. The van der Waals surface area contributed by atoms with Gasteiger partial charge in [0.25, 0.3) is 11.8 Å². The molecule has 0 spiro atoms. The summed E-state index contributed by atoms with van der Waals surface area (Å²) in [5.41, 5.74) is 0.940. The minimum atomic E-state index is -1.02. The average molecular weight is 318 g/mol. The van der Waals surface area contributed by atoms with Gasteiger partial charge in [-0.2, -0.15) is 0 Å². The highest BCUT2D eigenvalue weighted by Gasteiger charge is 2.34. The molecule has 0 unspecified atom stereocenters. The van der Waals surface area contributed by atoms with E-state index < -0.39 is 5.97 Å². The smallest absolute Gasteiger partial charge is 0.323 e. The van der Waals surface area contributed by atoms with Crippen molar-refractivity contribution in [1.82, 2.24) is 9.80 Å². The van der Waals surface area contributed by atoms with Gasteiger partial charge in [-0.1, -0.05) is 0 Å². The topological polar surface area (TPSA) is 77.9 Å². The number of carbonyl (C=O) groups is 3. The summed E-state index contributed by atoms with van der Waals surface area (Å²) in [6.07, 6.45) is 1.69. The molecule has 1 fully saturated rings. The summed E-state index contributed by atoms with van der Waals surface area (Å²) in [6.45, 7) is 4.80. The first-order chi connectivity index (χ1) is 11.0. The van der Waals surface area contributed by atoms with Gasteiger partial charge in [-0.15, -0.1) is 0 Å². The van der Waals surface area contributed by atoms with E-state index >= 15 is 0 Å². The van der Waals surface area contributed by atoms with Gasteiger partial charge >= 0.3 is 5.97 Å². The molecule has 124 valence electrons. The van der Waals surface area contributed by atoms with Crippen LogP contribution < -0.4 is 0 Å². The quantitative estimate of drug-likeness (QED) is 0.832. The van der Waals surface area contributed by atoms with Gasteiger partial charge in [0.05, 0.1) is 0 Å². The molecule has 1 aliphatic rings. The maximum atomic E-state index is 12.5. The molecule has 0 atom stereocenters. The molecular formula is C17H22N2O4. The number of carbonyl (C=O) groups excluding carboxylic acids is 2. The SMILES string of the molecule is CCN(CC)C(=O)c1ccc(C(=O)N(CC(=O)O)C2CC2)cc1. The molecule has 0 radical (unpaired) electrons. The standard InChI is InChI=1S/C17H22N2O4/c1-3-18(4-2)16(22)12-5-7-13(8-6-12)17(23)19(11-15(20)21)14-9-10-14/h5-8,14H,3-4,9-11H2,1-2H3,(H,20,21). The van der Waals surface area contributed by atoms with E-state index in [0.29, 0.717) is 24.2 Å². The number of nitrogens with zero attached hydrogens (tertiary/aromatic N) is 2. The van der Waals surface area contributed by atoms with Gasteiger partial charge in [-0.05, 0) is 51.0 Å². The fourth-order valence-electron chi connectivity index (χ4n) is 2.51. The van der Waals surface area contributed by atoms with Crippen LogP contribution in [0.5, 0.6) is 0 Å². The van der Waals surface area contributed by atoms with E-state index in [4.69, 9.17) is 5.11 Å². The van der Waals surface area contributed by atoms with E-state index in [2.05, 4.69) is 0 Å². The van der Waals surface area contributed by atoms with Crippen LogP contribution >= 0.6 is 0 Å². The lowest BCUT2D eigenvalue weighted by molar-refractivity contribution is -0.137. The van der Waals surface area contributed by atoms with Gasteiger partial charge in [-0.3, -0.25) is 14.4 Å². The summed E-state index contributed by atoms with van der Waals surface area (Å²) in [5, 5.41) is 8.94. The van der Waals surface area contributed by atoms with E-state index in [1.54, 1.807) is 29.2 Å². The average Bonchev–Trinajstić information content (AvgIpc) is 3.38. The Morgan fingerprint density at radius 1 is 1.00 bits per heavy atom. The predicted molar refractivity (Wildman–Crippen MR) is 85.4 cm³/mol. The third kappa shape index (κ3) is 4.09. The fraction of sp³-hybridized carbons (Fsp3) is 0.471. The molecule has 1 aromatic rings. The van der Waals surface area contributed by atoms with E-state index in [0.717, 1.165) is 12.8 Å². The second-order valence-corrected chi connectivity index (χ2v) is 5.61. The zero-order valence-electron chi connectivity index (χ0n) is 13.5. The summed E-state index contributed by atoms with van der Waals surface area (Å²) in [7, 11) is 0. The van der Waals surface area contributed by atoms with Crippen molar-refractivity contribution in [1.29, 1.82) is 0 Å². The Morgan fingerprint density at radius 3 is 1.87 bits per heavy atom. The number of hydrogen-bond acceptors (Lipinski definition) is 3. The summed E-state index contributed by atoms with van der Waals surface area (Å²) in [6, 6.07) is 6.46. The van der Waals surface area contributed by atoms with Crippen molar-refractivity contribution < 1.29 is 19.5 Å². The van der Waals surface area contributed by atoms with Gasteiger partial charge in [0.2, 0.25) is 0 Å². The van der Waals surface area contributed by atoms with E-state index in [9.17, 15) is 14.4 Å². The monoisotopic (exact) mass is 318 g/mol. The second-order valence-electron chi connectivity index (χ2n) is 5.61. The van der Waals surface area contributed by atoms with E-state index in [1.165, 1.54) is 4.90 Å². The van der Waals surface area contributed by atoms with Crippen molar-refractivity contribution in [2.45, 2.75) is 32.7 Å². The van der Waals surface area contributed by atoms with Gasteiger partial charge in [0, 0.05) is 30.3 Å². The summed E-state index contributed by atoms with van der Waals surface area (Å²) in [5.74, 6) is -1.38. The molecule has 6 nitrogen and oxygen atoms in total. The molecule has 2 amide bonds. The molecule has 0 saturated heterocycles. The molecule has 1 aromatic carbocycles. The highest BCUT2D eigenvalue weighted by Crippen LogP contribution is 2.28. The Labute approximate surface area is 135 Å². The molecule has 1 N–H and O–H groups in total. The Hall–Kier alpha value is -2.37. The zero-order chi connectivity index (χ0) is 17.0. The molecule has 0 aromatic heterocycles. The van der Waals surface area contributed by atoms with Crippen LogP contribution in [0.25, 0.3) is 0 Å². The lowest BCUT2D eigenvalue weighted by Gasteiger charge is -2.21. The molecule has 2 rings (SSSR count). The van der Waals surface area contributed by atoms with E-state index in [1.807, 2.05) is 13.8 Å². The van der Waals surface area contributed by atoms with E-state index in [-0.39, 0.29) is 24.4 Å². The van der Waals surface area contributed by atoms with Crippen LogP contribution in [0.3, 0.4) is 0 Å². The Morgan fingerprint density at radius 2 is 1.48 bits per heavy atom. The van der Waals surface area contributed by atoms with Crippen LogP contribution in [0.2, 0.25) is 0 Å². The van der Waals surface area contributed by atoms with Crippen molar-refractivity contribution in [3.63, 3.8) is 0 Å². The van der Waals surface area contributed by atoms with Crippen LogP contribution in [-0.2, 0) is 4.79 Å². The first-order valence-electron chi connectivity index (χ1n) is 7.90. The van der Waals surface area contributed by atoms with Crippen LogP contribution in [-0.4, -0.2) is 58.4 Å². The van der Waals surface area contributed by atoms with Crippen molar-refractivity contribution in [3.8, 4) is 0 Å². The lowest BCUT2D eigenvalue weighted by atomic mass is 10.1. The molecule has 1 aliphatic carbocycles. The van der Waals surface area contributed by atoms with Gasteiger partial charge < -0.3 is 14.9 Å². The Balaban J connectivity index is 2.13. The minimum Gasteiger partial charge on any atom is -0.480 e. The van der Waals surface area contributed by atoms with Crippen molar-refractivity contribution in [2.24, 2.45) is 0 Å². The van der Waals surface area contributed by atoms with Gasteiger partial charge in [-0.25, -0.2) is 0 Å². The molecule has 0 heterocycles. The zero-order valence-corrected chi connectivity index (χ0v) is 13.5. The van der Waals surface area contributed by atoms with Gasteiger partial charge in [0.15, 0.2) is 0 Å². The highest BCUT2D eigenvalue weighted by molar-refractivity contribution is 5.98. The Kier molecular flexibility index (Phi) is 5.36. The third-order valence-electron chi connectivity index (χ3n) is 3.98. The van der Waals surface area contributed by atoms with Crippen molar-refractivity contribution in [2.75, 3.05) is 19.6 Å². The third-order valence-corrected chi connectivity index (χ3v) is 3.98. The second kappa shape index (κ2) is 7.26. The number of rotatable bonds is 7. The molecular weight excluding hydrogens is 296 g/mol. The van der Waals surface area contributed by atoms with Crippen molar-refractivity contribution in [3.05, 3.63) is 35.4 Å². The molecule has 0 aliphatic heterocycles. The van der Waals surface area contributed by atoms with Crippen LogP contribution in [0, 0.1) is 0 Å². The number of hydrogen-bond donors (Lipinski definition) is 1. The molecule has 23 heavy (non-hydrogen) atoms. The number of carboxylic acids is 1. The summed E-state index contributed by atoms with van der Waals surface area (Å²) < 4.78 is 0. The highest BCUT2D eigenvalue weighted by atomic mass is 16.4. The normalized spacial score (nSPS) is 13.5. The number of benzene rings is 1. The number of carboxylic acid groups (broad SMARTS) is 1. The molecule has 6 heteroatoms. The number of amides is 2. The van der Waals surface area contributed by atoms with Gasteiger partial charge in [0.1, 0.15) is 6.54 Å². The Bertz CT molecular complexity index is 589. The maximum absolute atomic E-state index is 12.5. The maximum Gasteiger partial charge on any atom is 0.323 e. The predicted octanol–water partition coefficient (Wildman–Crippen LogP) is 1.86. The van der Waals surface area contributed by atoms with Crippen LogP contribution in [0.4, 0.5) is 0 Å². The lowest BCUT2D eigenvalue weighted by Crippen LogP contribution is -2.37. The largest absolute Gasteiger partial charge is 0.480 e. The first kappa shape index (κ1) is 17.0. The van der Waals surface area contributed by atoms with Crippen LogP contribution in [0.15, 0.2) is 24.3 Å². The molecule has 1 saturated carbocycles. The first-order valence-corrected chi connectivity index (χ1v) is 7.90. The van der Waals surface area contributed by atoms with Crippen LogP contribution in [0.1, 0.15) is 47.4 Å². The molecule has 0 bridgehead atoms. The van der Waals surface area contributed by atoms with Crippen molar-refractivity contribution >= 4 is 17.8 Å². The fourth-order valence-corrected chi connectivity index (χ4v) is 2.51. The summed E-state index contributed by atoms with van der Waals surface area (Å²) in [4.78, 5) is 38.7. The number of aliphatic carboxylic acids is 1. The minimum absolute atomic E-state index is 0.0237.